The second-order valence-electron chi connectivity index (χ2n) is 5.57. The van der Waals surface area contributed by atoms with Crippen LogP contribution in [0, 0.1) is 5.92 Å². The minimum Gasteiger partial charge on any atom is -0.460 e. The van der Waals surface area contributed by atoms with E-state index in [1.807, 2.05) is 4.90 Å². The fraction of sp³-hybridized carbons (Fsp3) is 0.786. The Bertz CT molecular complexity index is 451. The highest BCUT2D eigenvalue weighted by molar-refractivity contribution is 5.37. The summed E-state index contributed by atoms with van der Waals surface area (Å²) < 4.78 is 5.96. The van der Waals surface area contributed by atoms with Crippen molar-refractivity contribution in [3.05, 3.63) is 0 Å². The molecule has 0 spiro atoms. The highest BCUT2D eigenvalue weighted by atomic mass is 16.5. The summed E-state index contributed by atoms with van der Waals surface area (Å²) in [6.45, 7) is 8.03. The molecule has 7 heteroatoms. The summed E-state index contributed by atoms with van der Waals surface area (Å²) in [6.07, 6.45) is 4.77. The number of hydrazine groups is 1. The molecule has 0 aromatic carbocycles. The summed E-state index contributed by atoms with van der Waals surface area (Å²) in [5.74, 6) is 7.08. The number of hydrogen-bond acceptors (Lipinski definition) is 7. The second-order valence-corrected chi connectivity index (χ2v) is 5.57. The zero-order valence-corrected chi connectivity index (χ0v) is 13.2. The van der Waals surface area contributed by atoms with Crippen LogP contribution >= 0.6 is 0 Å². The van der Waals surface area contributed by atoms with E-state index in [9.17, 15) is 0 Å². The quantitative estimate of drug-likeness (QED) is 0.612. The molecule has 0 saturated heterocycles. The van der Waals surface area contributed by atoms with Crippen molar-refractivity contribution < 1.29 is 4.74 Å². The first-order valence-corrected chi connectivity index (χ1v) is 7.80. The first-order valence-electron chi connectivity index (χ1n) is 7.80. The number of hydrogen-bond donors (Lipinski definition) is 2. The third-order valence-corrected chi connectivity index (χ3v) is 3.94. The lowest BCUT2D eigenvalue weighted by Crippen LogP contribution is -2.28. The average Bonchev–Trinajstić information content (AvgIpc) is 2.48. The van der Waals surface area contributed by atoms with E-state index in [0.717, 1.165) is 25.9 Å². The van der Waals surface area contributed by atoms with E-state index in [1.54, 1.807) is 0 Å². The van der Waals surface area contributed by atoms with Gasteiger partial charge in [-0.1, -0.05) is 13.3 Å². The van der Waals surface area contributed by atoms with Crippen molar-refractivity contribution in [2.45, 2.75) is 52.6 Å². The molecule has 0 radical (unpaired) electrons. The van der Waals surface area contributed by atoms with Crippen LogP contribution in [-0.2, 0) is 0 Å². The molecule has 0 amide bonds. The SMILES string of the molecule is CCN(CC)c1nc(NN)nc(OC2CCCC(C)C2)n1. The topological polar surface area (TPSA) is 89.2 Å². The molecule has 118 valence electrons. The molecule has 0 bridgehead atoms. The van der Waals surface area contributed by atoms with Crippen LogP contribution in [0.1, 0.15) is 46.5 Å². The van der Waals surface area contributed by atoms with Gasteiger partial charge in [0.05, 0.1) is 0 Å². The Morgan fingerprint density at radius 2 is 2.00 bits per heavy atom. The van der Waals surface area contributed by atoms with Crippen molar-refractivity contribution in [2.24, 2.45) is 11.8 Å². The normalized spacial score (nSPS) is 21.9. The molecular weight excluding hydrogens is 268 g/mol. The van der Waals surface area contributed by atoms with Crippen molar-refractivity contribution in [3.63, 3.8) is 0 Å². The molecule has 1 saturated carbocycles. The van der Waals surface area contributed by atoms with Crippen molar-refractivity contribution in [2.75, 3.05) is 23.4 Å². The zero-order valence-electron chi connectivity index (χ0n) is 13.2. The largest absolute Gasteiger partial charge is 0.460 e. The van der Waals surface area contributed by atoms with E-state index in [0.29, 0.717) is 23.8 Å². The summed E-state index contributed by atoms with van der Waals surface area (Å²) in [4.78, 5) is 15.0. The van der Waals surface area contributed by atoms with Crippen LogP contribution in [-0.4, -0.2) is 34.1 Å². The Morgan fingerprint density at radius 3 is 2.62 bits per heavy atom. The molecule has 2 rings (SSSR count). The van der Waals surface area contributed by atoms with Crippen LogP contribution < -0.4 is 20.9 Å². The molecular formula is C14H26N6O. The molecule has 1 aliphatic carbocycles. The highest BCUT2D eigenvalue weighted by Crippen LogP contribution is 2.27. The first kappa shape index (κ1) is 15.8. The number of nitrogens with two attached hydrogens (primary N) is 1. The van der Waals surface area contributed by atoms with Crippen molar-refractivity contribution in [1.29, 1.82) is 0 Å². The minimum atomic E-state index is 0.186. The fourth-order valence-corrected chi connectivity index (χ4v) is 2.75. The number of anilines is 2. The third kappa shape index (κ3) is 4.17. The molecule has 1 aromatic rings. The fourth-order valence-electron chi connectivity index (χ4n) is 2.75. The van der Waals surface area contributed by atoms with Gasteiger partial charge in [0.2, 0.25) is 11.9 Å². The van der Waals surface area contributed by atoms with E-state index in [2.05, 4.69) is 41.1 Å². The number of ether oxygens (including phenoxy) is 1. The molecule has 3 N–H and O–H groups in total. The van der Waals surface area contributed by atoms with Gasteiger partial charge >= 0.3 is 6.01 Å². The lowest BCUT2D eigenvalue weighted by molar-refractivity contribution is 0.118. The Kier molecular flexibility index (Phi) is 5.55. The van der Waals surface area contributed by atoms with Crippen LogP contribution in [0.2, 0.25) is 0 Å². The van der Waals surface area contributed by atoms with Crippen LogP contribution in [0.5, 0.6) is 6.01 Å². The summed E-state index contributed by atoms with van der Waals surface area (Å²) in [7, 11) is 0. The van der Waals surface area contributed by atoms with Crippen LogP contribution in [0.3, 0.4) is 0 Å². The van der Waals surface area contributed by atoms with E-state index in [4.69, 9.17) is 10.6 Å². The summed E-state index contributed by atoms with van der Waals surface area (Å²) in [6, 6.07) is 0.360. The summed E-state index contributed by atoms with van der Waals surface area (Å²) in [5, 5.41) is 0. The molecule has 7 nitrogen and oxygen atoms in total. The standard InChI is InChI=1S/C14H26N6O/c1-4-20(5-2)13-16-12(19-15)17-14(18-13)21-11-8-6-7-10(3)9-11/h10-11H,4-9,15H2,1-3H3,(H,16,17,18,19). The molecule has 0 aliphatic heterocycles. The van der Waals surface area contributed by atoms with Gasteiger partial charge in [-0.2, -0.15) is 15.0 Å². The average molecular weight is 294 g/mol. The van der Waals surface area contributed by atoms with Gasteiger partial charge in [0, 0.05) is 13.1 Å². The molecule has 2 atom stereocenters. The Morgan fingerprint density at radius 1 is 1.24 bits per heavy atom. The van der Waals surface area contributed by atoms with Gasteiger partial charge in [-0.15, -0.1) is 0 Å². The monoisotopic (exact) mass is 294 g/mol. The lowest BCUT2D eigenvalue weighted by Gasteiger charge is -2.27. The van der Waals surface area contributed by atoms with E-state index in [1.165, 1.54) is 12.8 Å². The van der Waals surface area contributed by atoms with E-state index in [-0.39, 0.29) is 6.10 Å². The van der Waals surface area contributed by atoms with Crippen molar-refractivity contribution >= 4 is 11.9 Å². The maximum atomic E-state index is 5.96. The lowest BCUT2D eigenvalue weighted by atomic mass is 9.89. The molecule has 1 aliphatic rings. The highest BCUT2D eigenvalue weighted by Gasteiger charge is 2.22. The predicted octanol–water partition coefficient (Wildman–Crippen LogP) is 1.96. The van der Waals surface area contributed by atoms with E-state index >= 15 is 0 Å². The summed E-state index contributed by atoms with van der Waals surface area (Å²) in [5.41, 5.74) is 2.49. The predicted molar refractivity (Wildman–Crippen MR) is 83.2 cm³/mol. The maximum absolute atomic E-state index is 5.96. The summed E-state index contributed by atoms with van der Waals surface area (Å²) >= 11 is 0. The second kappa shape index (κ2) is 7.40. The third-order valence-electron chi connectivity index (χ3n) is 3.94. The Labute approximate surface area is 126 Å². The molecule has 1 heterocycles. The van der Waals surface area contributed by atoms with Gasteiger partial charge in [-0.3, -0.25) is 5.43 Å². The van der Waals surface area contributed by atoms with Crippen LogP contribution in [0.15, 0.2) is 0 Å². The molecule has 21 heavy (non-hydrogen) atoms. The number of rotatable bonds is 6. The van der Waals surface area contributed by atoms with Crippen LogP contribution in [0.25, 0.3) is 0 Å². The van der Waals surface area contributed by atoms with Gasteiger partial charge in [0.1, 0.15) is 6.10 Å². The number of aromatic nitrogens is 3. The van der Waals surface area contributed by atoms with Crippen LogP contribution in [0.4, 0.5) is 11.9 Å². The van der Waals surface area contributed by atoms with Gasteiger partial charge in [-0.05, 0) is 39.0 Å². The Hall–Kier alpha value is -1.63. The maximum Gasteiger partial charge on any atom is 0.323 e. The number of nitrogen functional groups attached to an aromatic ring is 1. The zero-order chi connectivity index (χ0) is 15.2. The van der Waals surface area contributed by atoms with Gasteiger partial charge in [-0.25, -0.2) is 5.84 Å². The molecule has 1 aromatic heterocycles. The minimum absolute atomic E-state index is 0.186. The van der Waals surface area contributed by atoms with E-state index < -0.39 is 0 Å². The van der Waals surface area contributed by atoms with Crippen molar-refractivity contribution in [1.82, 2.24) is 15.0 Å². The smallest absolute Gasteiger partial charge is 0.323 e. The van der Waals surface area contributed by atoms with Gasteiger partial charge < -0.3 is 9.64 Å². The Balaban J connectivity index is 2.16. The molecule has 1 fully saturated rings. The first-order chi connectivity index (χ1) is 10.2. The number of nitrogens with zero attached hydrogens (tertiary/aromatic N) is 4. The number of nitrogens with one attached hydrogen (secondary N) is 1. The van der Waals surface area contributed by atoms with Gasteiger partial charge in [0.15, 0.2) is 0 Å². The van der Waals surface area contributed by atoms with Crippen molar-refractivity contribution in [3.8, 4) is 6.01 Å². The van der Waals surface area contributed by atoms with Gasteiger partial charge in [0.25, 0.3) is 0 Å². The molecule has 2 unspecified atom stereocenters.